The van der Waals surface area contributed by atoms with Crippen LogP contribution in [0.4, 0.5) is 0 Å². The molecule has 4 atom stereocenters. The fourth-order valence-corrected chi connectivity index (χ4v) is 5.99. The molecule has 1 heterocycles. The number of hydrogen-bond acceptors (Lipinski definition) is 7. The van der Waals surface area contributed by atoms with Gasteiger partial charge in [-0.15, -0.1) is 0 Å². The zero-order valence-corrected chi connectivity index (χ0v) is 17.1. The molecule has 7 heteroatoms. The van der Waals surface area contributed by atoms with E-state index in [9.17, 15) is 9.90 Å². The summed E-state index contributed by atoms with van der Waals surface area (Å²) < 4.78 is 28.0. The van der Waals surface area contributed by atoms with Gasteiger partial charge in [0.25, 0.3) is 0 Å². The van der Waals surface area contributed by atoms with E-state index < -0.39 is 16.9 Å². The molecule has 3 aliphatic carbocycles. The summed E-state index contributed by atoms with van der Waals surface area (Å²) >= 11 is 0. The van der Waals surface area contributed by atoms with Crippen LogP contribution in [0.15, 0.2) is 29.2 Å². The van der Waals surface area contributed by atoms with Crippen molar-refractivity contribution in [2.24, 2.45) is 11.3 Å². The van der Waals surface area contributed by atoms with Crippen molar-refractivity contribution in [3.63, 3.8) is 0 Å². The molecule has 1 spiro atoms. The zero-order valence-electron chi connectivity index (χ0n) is 17.1. The van der Waals surface area contributed by atoms with E-state index in [1.165, 1.54) is 14.2 Å². The molecule has 1 aromatic rings. The molecule has 4 aliphatic rings. The van der Waals surface area contributed by atoms with Crippen LogP contribution in [0, 0.1) is 11.3 Å². The third kappa shape index (κ3) is 1.77. The first kappa shape index (κ1) is 18.4. The Morgan fingerprint density at radius 2 is 1.93 bits per heavy atom. The van der Waals surface area contributed by atoms with E-state index in [-0.39, 0.29) is 24.3 Å². The lowest BCUT2D eigenvalue weighted by Crippen LogP contribution is -2.50. The molecule has 0 bridgehead atoms. The average molecular weight is 400 g/mol. The van der Waals surface area contributed by atoms with Crippen LogP contribution in [0.1, 0.15) is 37.5 Å². The maximum Gasteiger partial charge on any atom is 0.231 e. The number of methoxy groups -OCH3 is 3. The summed E-state index contributed by atoms with van der Waals surface area (Å²) in [4.78, 5) is 14.1. The molecule has 1 N–H and O–H groups in total. The number of hydrogen-bond donors (Lipinski definition) is 1. The number of ether oxygens (including phenoxy) is 5. The summed E-state index contributed by atoms with van der Waals surface area (Å²) in [6, 6.07) is 1.78. The number of carbonyl (C=O) groups is 1. The number of allylic oxidation sites excluding steroid dienone is 3. The normalized spacial score (nSPS) is 33.9. The molecule has 29 heavy (non-hydrogen) atoms. The van der Waals surface area contributed by atoms with Gasteiger partial charge in [-0.3, -0.25) is 4.79 Å². The molecule has 1 aromatic carbocycles. The topological polar surface area (TPSA) is 83.5 Å². The highest BCUT2D eigenvalue weighted by Gasteiger charge is 2.74. The number of carbonyl (C=O) groups excluding carboxylic acids is 1. The van der Waals surface area contributed by atoms with Crippen LogP contribution in [0.5, 0.6) is 17.2 Å². The summed E-state index contributed by atoms with van der Waals surface area (Å²) in [7, 11) is 4.52. The highest BCUT2D eigenvalue weighted by Crippen LogP contribution is 2.74. The lowest BCUT2D eigenvalue weighted by atomic mass is 9.58. The van der Waals surface area contributed by atoms with Crippen LogP contribution in [-0.4, -0.2) is 39.0 Å². The van der Waals surface area contributed by atoms with Crippen molar-refractivity contribution < 1.29 is 33.6 Å². The molecule has 0 radical (unpaired) electrons. The minimum absolute atomic E-state index is 0.0239. The second kappa shape index (κ2) is 5.69. The van der Waals surface area contributed by atoms with E-state index in [0.717, 1.165) is 5.57 Å². The highest BCUT2D eigenvalue weighted by molar-refractivity contribution is 6.10. The van der Waals surface area contributed by atoms with Gasteiger partial charge in [-0.2, -0.15) is 0 Å². The van der Waals surface area contributed by atoms with Crippen LogP contribution < -0.4 is 14.2 Å². The zero-order chi connectivity index (χ0) is 20.7. The Kier molecular flexibility index (Phi) is 3.60. The number of benzene rings is 1. The van der Waals surface area contributed by atoms with Gasteiger partial charge in [0, 0.05) is 11.0 Å². The quantitative estimate of drug-likeness (QED) is 0.835. The summed E-state index contributed by atoms with van der Waals surface area (Å²) in [5, 5.41) is 11.5. The maximum atomic E-state index is 14.1. The minimum atomic E-state index is -1.12. The second-order valence-electron chi connectivity index (χ2n) is 8.25. The molecule has 1 saturated carbocycles. The van der Waals surface area contributed by atoms with Gasteiger partial charge in [-0.1, -0.05) is 13.8 Å². The molecule has 1 aliphatic heterocycles. The Morgan fingerprint density at radius 1 is 1.17 bits per heavy atom. The van der Waals surface area contributed by atoms with Crippen LogP contribution in [0.2, 0.25) is 0 Å². The van der Waals surface area contributed by atoms with Gasteiger partial charge in [-0.25, -0.2) is 0 Å². The van der Waals surface area contributed by atoms with E-state index in [0.29, 0.717) is 40.6 Å². The van der Waals surface area contributed by atoms with Crippen LogP contribution >= 0.6 is 0 Å². The van der Waals surface area contributed by atoms with Crippen molar-refractivity contribution in [2.45, 2.75) is 31.8 Å². The number of Topliss-reactive ketones (excluding diaryl/α,β-unsaturated/α-hetero) is 1. The van der Waals surface area contributed by atoms with Gasteiger partial charge in [0.2, 0.25) is 24.1 Å². The second-order valence-corrected chi connectivity index (χ2v) is 8.25. The van der Waals surface area contributed by atoms with E-state index in [2.05, 4.69) is 6.92 Å². The largest absolute Gasteiger partial charge is 0.493 e. The van der Waals surface area contributed by atoms with Gasteiger partial charge < -0.3 is 28.8 Å². The van der Waals surface area contributed by atoms with E-state index in [1.54, 1.807) is 13.2 Å². The van der Waals surface area contributed by atoms with Crippen molar-refractivity contribution in [3.05, 3.63) is 40.4 Å². The predicted octanol–water partition coefficient (Wildman–Crippen LogP) is 2.77. The van der Waals surface area contributed by atoms with Gasteiger partial charge in [0.05, 0.1) is 32.8 Å². The van der Waals surface area contributed by atoms with E-state index in [4.69, 9.17) is 23.7 Å². The van der Waals surface area contributed by atoms with Gasteiger partial charge in [-0.05, 0) is 35.6 Å². The van der Waals surface area contributed by atoms with Crippen molar-refractivity contribution in [1.82, 2.24) is 0 Å². The monoisotopic (exact) mass is 400 g/mol. The first-order valence-electron chi connectivity index (χ1n) is 9.64. The fraction of sp³-hybridized carbons (Fsp3) is 0.500. The Bertz CT molecular complexity index is 1010. The first-order valence-corrected chi connectivity index (χ1v) is 9.64. The molecule has 1 fully saturated rings. The lowest BCUT2D eigenvalue weighted by molar-refractivity contribution is -0.130. The summed E-state index contributed by atoms with van der Waals surface area (Å²) in [6.45, 7) is 4.10. The molecule has 0 aromatic heterocycles. The number of ketones is 1. The Hall–Kier alpha value is -2.67. The fourth-order valence-electron chi connectivity index (χ4n) is 5.99. The van der Waals surface area contributed by atoms with Crippen molar-refractivity contribution in [2.75, 3.05) is 28.1 Å². The molecule has 0 amide bonds. The van der Waals surface area contributed by atoms with Crippen LogP contribution in [0.3, 0.4) is 0 Å². The van der Waals surface area contributed by atoms with Crippen molar-refractivity contribution in [1.29, 1.82) is 0 Å². The Balaban J connectivity index is 1.91. The minimum Gasteiger partial charge on any atom is -0.493 e. The van der Waals surface area contributed by atoms with Crippen molar-refractivity contribution >= 4 is 5.78 Å². The van der Waals surface area contributed by atoms with Gasteiger partial charge in [0.1, 0.15) is 0 Å². The molecule has 0 saturated heterocycles. The number of aliphatic hydroxyl groups excluding tert-OH is 1. The molecular formula is C22H24O7. The molecule has 7 nitrogen and oxygen atoms in total. The lowest BCUT2D eigenvalue weighted by Gasteiger charge is -2.43. The van der Waals surface area contributed by atoms with E-state index >= 15 is 0 Å². The summed E-state index contributed by atoms with van der Waals surface area (Å²) in [5.41, 5.74) is 0.259. The predicted molar refractivity (Wildman–Crippen MR) is 102 cm³/mol. The molecule has 5 rings (SSSR count). The smallest absolute Gasteiger partial charge is 0.231 e. The first-order chi connectivity index (χ1) is 13.9. The number of aliphatic hydroxyl groups is 1. The highest BCUT2D eigenvalue weighted by atomic mass is 16.7. The maximum absolute atomic E-state index is 14.1. The summed E-state index contributed by atoms with van der Waals surface area (Å²) in [6.07, 6.45) is 1.65. The third-order valence-corrected chi connectivity index (χ3v) is 7.43. The number of fused-ring (bicyclic) bond motifs is 2. The Labute approximate surface area is 168 Å². The third-order valence-electron chi connectivity index (χ3n) is 7.43. The standard InChI is InChI=1S/C22H24O7/c1-10-6-11-7-13(25-3)17(26-4)20(24)22(11)15-12(19(23)21(10,22)2)8-14-16(18(15)27-5)29-9-28-14/h7-8,10,19,23H,6,9H2,1-5H3/t10-,19+,21-,22-/m1/s1. The number of rotatable bonds is 3. The van der Waals surface area contributed by atoms with Crippen LogP contribution in [-0.2, 0) is 19.7 Å². The molecule has 154 valence electrons. The molecule has 0 unspecified atom stereocenters. The Morgan fingerprint density at radius 3 is 2.59 bits per heavy atom. The SMILES string of the molecule is COC1=C(OC)C(=O)[C@]23C(=C1)C[C@@H](C)[C@]2(C)[C@@H](O)c1cc2c(c(OC)c13)OCO2. The van der Waals surface area contributed by atoms with Crippen LogP contribution in [0.25, 0.3) is 0 Å². The summed E-state index contributed by atoms with van der Waals surface area (Å²) in [5.74, 6) is 1.76. The van der Waals surface area contributed by atoms with Gasteiger partial charge in [0.15, 0.2) is 17.3 Å². The van der Waals surface area contributed by atoms with Gasteiger partial charge >= 0.3 is 0 Å². The van der Waals surface area contributed by atoms with Crippen molar-refractivity contribution in [3.8, 4) is 17.2 Å². The molecular weight excluding hydrogens is 376 g/mol. The average Bonchev–Trinajstić information content (AvgIpc) is 3.32. The van der Waals surface area contributed by atoms with E-state index in [1.807, 2.05) is 13.0 Å².